The summed E-state index contributed by atoms with van der Waals surface area (Å²) in [5.74, 6) is 0. The number of benzene rings is 1. The summed E-state index contributed by atoms with van der Waals surface area (Å²) < 4.78 is 1.76. The van der Waals surface area contributed by atoms with Crippen molar-refractivity contribution in [3.63, 3.8) is 0 Å². The third kappa shape index (κ3) is 4.35. The molecule has 2 aromatic rings. The number of nitrogens with zero attached hydrogens (tertiary/aromatic N) is 4. The summed E-state index contributed by atoms with van der Waals surface area (Å²) in [7, 11) is 1.65. The van der Waals surface area contributed by atoms with Crippen LogP contribution in [0.4, 0.5) is 10.5 Å². The molecule has 0 bridgehead atoms. The summed E-state index contributed by atoms with van der Waals surface area (Å²) in [4.78, 5) is 13.3. The monoisotopic (exact) mass is 283 g/mol. The van der Waals surface area contributed by atoms with Crippen molar-refractivity contribution >= 4 is 11.7 Å². The number of nitrogens with one attached hydrogen (secondary N) is 1. The van der Waals surface area contributed by atoms with E-state index in [-0.39, 0.29) is 6.03 Å². The molecule has 21 heavy (non-hydrogen) atoms. The summed E-state index contributed by atoms with van der Waals surface area (Å²) in [5.41, 5.74) is 1.78. The summed E-state index contributed by atoms with van der Waals surface area (Å²) in [6, 6.07) is 11.7. The zero-order valence-corrected chi connectivity index (χ0v) is 11.9. The molecule has 0 aliphatic carbocycles. The lowest BCUT2D eigenvalue weighted by atomic mass is 10.2. The highest BCUT2D eigenvalue weighted by Crippen LogP contribution is 2.08. The second-order valence-electron chi connectivity index (χ2n) is 4.67. The van der Waals surface area contributed by atoms with Crippen LogP contribution < -0.4 is 5.32 Å². The van der Waals surface area contributed by atoms with Crippen molar-refractivity contribution < 1.29 is 4.79 Å². The van der Waals surface area contributed by atoms with Crippen LogP contribution in [0.5, 0.6) is 0 Å². The molecule has 1 aromatic heterocycles. The average Bonchev–Trinajstić information content (AvgIpc) is 2.92. The van der Waals surface area contributed by atoms with Gasteiger partial charge in [0.05, 0.1) is 30.9 Å². The Bertz CT molecular complexity index is 629. The van der Waals surface area contributed by atoms with Crippen LogP contribution in [0.2, 0.25) is 0 Å². The zero-order chi connectivity index (χ0) is 15.1. The Morgan fingerprint density at radius 2 is 2.19 bits per heavy atom. The topological polar surface area (TPSA) is 74.0 Å². The molecule has 0 spiro atoms. The molecule has 0 aliphatic rings. The molecule has 0 unspecified atom stereocenters. The molecule has 6 nitrogen and oxygen atoms in total. The molecule has 0 aliphatic heterocycles. The molecule has 0 saturated carbocycles. The molecule has 6 heteroatoms. The smallest absolute Gasteiger partial charge is 0.321 e. The van der Waals surface area contributed by atoms with Gasteiger partial charge in [0.15, 0.2) is 0 Å². The Labute approximate surface area is 123 Å². The SMILES string of the molecule is CN(CCC#N)C(=O)Nc1cnn(Cc2ccccc2)c1. The van der Waals surface area contributed by atoms with Gasteiger partial charge in [-0.25, -0.2) is 4.79 Å². The highest BCUT2D eigenvalue weighted by molar-refractivity contribution is 5.88. The minimum absolute atomic E-state index is 0.246. The van der Waals surface area contributed by atoms with E-state index in [2.05, 4.69) is 10.4 Å². The molecule has 2 amide bonds. The van der Waals surface area contributed by atoms with Crippen LogP contribution in [-0.4, -0.2) is 34.3 Å². The number of anilines is 1. The van der Waals surface area contributed by atoms with Crippen molar-refractivity contribution in [1.29, 1.82) is 5.26 Å². The van der Waals surface area contributed by atoms with Crippen LogP contribution in [0.1, 0.15) is 12.0 Å². The third-order valence-corrected chi connectivity index (χ3v) is 2.98. The van der Waals surface area contributed by atoms with Gasteiger partial charge in [-0.1, -0.05) is 30.3 Å². The van der Waals surface area contributed by atoms with E-state index in [1.807, 2.05) is 36.4 Å². The zero-order valence-electron chi connectivity index (χ0n) is 11.9. The summed E-state index contributed by atoms with van der Waals surface area (Å²) >= 11 is 0. The number of rotatable bonds is 5. The molecule has 0 atom stereocenters. The van der Waals surface area contributed by atoms with Crippen molar-refractivity contribution in [3.05, 3.63) is 48.3 Å². The van der Waals surface area contributed by atoms with Gasteiger partial charge in [0.25, 0.3) is 0 Å². The molecular weight excluding hydrogens is 266 g/mol. The van der Waals surface area contributed by atoms with E-state index in [4.69, 9.17) is 5.26 Å². The second kappa shape index (κ2) is 7.10. The number of amides is 2. The first kappa shape index (κ1) is 14.6. The van der Waals surface area contributed by atoms with E-state index >= 15 is 0 Å². The molecule has 0 fully saturated rings. The Kier molecular flexibility index (Phi) is 4.94. The molecular formula is C15H17N5O. The summed E-state index contributed by atoms with van der Waals surface area (Å²) in [5, 5.41) is 15.5. The number of aromatic nitrogens is 2. The fourth-order valence-electron chi connectivity index (χ4n) is 1.82. The lowest BCUT2D eigenvalue weighted by molar-refractivity contribution is 0.223. The molecule has 1 heterocycles. The predicted octanol–water partition coefficient (Wildman–Crippen LogP) is 2.31. The molecule has 0 radical (unpaired) electrons. The fourth-order valence-corrected chi connectivity index (χ4v) is 1.82. The minimum Gasteiger partial charge on any atom is -0.327 e. The molecule has 1 N–H and O–H groups in total. The lowest BCUT2D eigenvalue weighted by Gasteiger charge is -2.15. The van der Waals surface area contributed by atoms with Crippen LogP contribution in [-0.2, 0) is 6.54 Å². The Hall–Kier alpha value is -2.81. The first-order valence-electron chi connectivity index (χ1n) is 6.64. The quantitative estimate of drug-likeness (QED) is 0.915. The highest BCUT2D eigenvalue weighted by atomic mass is 16.2. The van der Waals surface area contributed by atoms with Crippen LogP contribution >= 0.6 is 0 Å². The summed E-state index contributed by atoms with van der Waals surface area (Å²) in [6.45, 7) is 1.06. The highest BCUT2D eigenvalue weighted by Gasteiger charge is 2.09. The third-order valence-electron chi connectivity index (χ3n) is 2.98. The van der Waals surface area contributed by atoms with Gasteiger partial charge in [-0.05, 0) is 5.56 Å². The Morgan fingerprint density at radius 3 is 2.90 bits per heavy atom. The van der Waals surface area contributed by atoms with Crippen LogP contribution in [0.25, 0.3) is 0 Å². The molecule has 2 rings (SSSR count). The van der Waals surface area contributed by atoms with E-state index in [0.717, 1.165) is 5.56 Å². The number of carbonyl (C=O) groups excluding carboxylic acids is 1. The van der Waals surface area contributed by atoms with Crippen molar-refractivity contribution in [2.45, 2.75) is 13.0 Å². The van der Waals surface area contributed by atoms with Gasteiger partial charge < -0.3 is 10.2 Å². The van der Waals surface area contributed by atoms with Crippen molar-refractivity contribution in [2.24, 2.45) is 0 Å². The van der Waals surface area contributed by atoms with E-state index < -0.39 is 0 Å². The van der Waals surface area contributed by atoms with Crippen LogP contribution in [0, 0.1) is 11.3 Å². The van der Waals surface area contributed by atoms with Crippen molar-refractivity contribution in [3.8, 4) is 6.07 Å². The molecule has 108 valence electrons. The van der Waals surface area contributed by atoms with Crippen LogP contribution in [0.3, 0.4) is 0 Å². The fraction of sp³-hybridized carbons (Fsp3) is 0.267. The second-order valence-corrected chi connectivity index (χ2v) is 4.67. The number of urea groups is 1. The van der Waals surface area contributed by atoms with Gasteiger partial charge in [-0.3, -0.25) is 4.68 Å². The van der Waals surface area contributed by atoms with Gasteiger partial charge in [0, 0.05) is 19.8 Å². The number of nitriles is 1. The number of hydrogen-bond donors (Lipinski definition) is 1. The standard InChI is InChI=1S/C15H17N5O/c1-19(9-5-8-16)15(21)18-14-10-17-20(12-14)11-13-6-3-2-4-7-13/h2-4,6-7,10,12H,5,9,11H2,1H3,(H,18,21). The van der Waals surface area contributed by atoms with Crippen molar-refractivity contribution in [2.75, 3.05) is 18.9 Å². The maximum atomic E-state index is 11.9. The molecule has 1 aromatic carbocycles. The maximum absolute atomic E-state index is 11.9. The van der Waals surface area contributed by atoms with E-state index in [9.17, 15) is 4.79 Å². The number of carbonyl (C=O) groups is 1. The van der Waals surface area contributed by atoms with E-state index in [1.165, 1.54) is 4.90 Å². The number of hydrogen-bond acceptors (Lipinski definition) is 3. The normalized spacial score (nSPS) is 9.90. The average molecular weight is 283 g/mol. The molecule has 0 saturated heterocycles. The Morgan fingerprint density at radius 1 is 1.43 bits per heavy atom. The lowest BCUT2D eigenvalue weighted by Crippen LogP contribution is -2.31. The Balaban J connectivity index is 1.91. The first-order chi connectivity index (χ1) is 10.2. The van der Waals surface area contributed by atoms with Gasteiger partial charge in [-0.15, -0.1) is 0 Å². The first-order valence-corrected chi connectivity index (χ1v) is 6.64. The van der Waals surface area contributed by atoms with Gasteiger partial charge in [0.1, 0.15) is 0 Å². The maximum Gasteiger partial charge on any atom is 0.321 e. The summed E-state index contributed by atoms with van der Waals surface area (Å²) in [6.07, 6.45) is 3.71. The van der Waals surface area contributed by atoms with E-state index in [0.29, 0.717) is 25.2 Å². The predicted molar refractivity (Wildman–Crippen MR) is 79.6 cm³/mol. The minimum atomic E-state index is -0.246. The van der Waals surface area contributed by atoms with Crippen molar-refractivity contribution in [1.82, 2.24) is 14.7 Å². The van der Waals surface area contributed by atoms with Gasteiger partial charge in [0.2, 0.25) is 0 Å². The van der Waals surface area contributed by atoms with Gasteiger partial charge >= 0.3 is 6.03 Å². The van der Waals surface area contributed by atoms with E-state index in [1.54, 1.807) is 24.1 Å². The van der Waals surface area contributed by atoms with Gasteiger partial charge in [-0.2, -0.15) is 10.4 Å². The largest absolute Gasteiger partial charge is 0.327 e. The van der Waals surface area contributed by atoms with Crippen LogP contribution in [0.15, 0.2) is 42.7 Å².